The van der Waals surface area contributed by atoms with Gasteiger partial charge in [-0.05, 0) is 50.0 Å². The lowest BCUT2D eigenvalue weighted by atomic mass is 9.93. The van der Waals surface area contributed by atoms with Crippen molar-refractivity contribution < 1.29 is 4.79 Å². The lowest BCUT2D eigenvalue weighted by Gasteiger charge is -2.28. The molecule has 0 saturated carbocycles. The fourth-order valence-corrected chi connectivity index (χ4v) is 2.72. The lowest BCUT2D eigenvalue weighted by molar-refractivity contribution is -0.117. The maximum atomic E-state index is 12.1. The number of benzene rings is 1. The van der Waals surface area contributed by atoms with E-state index in [4.69, 9.17) is 17.3 Å². The average molecular weight is 312 g/mol. The van der Waals surface area contributed by atoms with Crippen LogP contribution >= 0.6 is 11.6 Å². The molecule has 0 heterocycles. The number of anilines is 1. The molecule has 0 unspecified atom stereocenters. The highest BCUT2D eigenvalue weighted by molar-refractivity contribution is 6.34. The van der Waals surface area contributed by atoms with Gasteiger partial charge in [-0.25, -0.2) is 0 Å². The second-order valence-electron chi connectivity index (χ2n) is 6.53. The monoisotopic (exact) mass is 311 g/mol. The van der Waals surface area contributed by atoms with Crippen molar-refractivity contribution in [2.45, 2.75) is 27.7 Å². The molecule has 3 N–H and O–H groups in total. The molecule has 0 aromatic heterocycles. The highest BCUT2D eigenvalue weighted by atomic mass is 35.5. The number of likely N-dealkylation sites (N-methyl/N-ethyl adjacent to an activating group) is 1. The van der Waals surface area contributed by atoms with Crippen LogP contribution in [-0.2, 0) is 4.79 Å². The third-order valence-electron chi connectivity index (χ3n) is 3.36. The summed E-state index contributed by atoms with van der Waals surface area (Å²) >= 11 is 6.20. The Balaban J connectivity index is 2.66. The molecule has 21 heavy (non-hydrogen) atoms. The topological polar surface area (TPSA) is 58.4 Å². The molecule has 1 aromatic carbocycles. The van der Waals surface area contributed by atoms with Gasteiger partial charge in [0.1, 0.15) is 0 Å². The minimum atomic E-state index is -0.0702. The van der Waals surface area contributed by atoms with Crippen LogP contribution < -0.4 is 11.1 Å². The van der Waals surface area contributed by atoms with E-state index >= 15 is 0 Å². The maximum Gasteiger partial charge on any atom is 0.238 e. The molecular formula is C16H26ClN3O. The molecule has 1 aromatic rings. The minimum Gasteiger partial charge on any atom is -0.330 e. The van der Waals surface area contributed by atoms with E-state index in [1.54, 1.807) is 0 Å². The van der Waals surface area contributed by atoms with E-state index in [0.29, 0.717) is 23.8 Å². The normalized spacial score (nSPS) is 11.8. The third-order valence-corrected chi connectivity index (χ3v) is 3.66. The van der Waals surface area contributed by atoms with Crippen LogP contribution in [0.4, 0.5) is 5.69 Å². The van der Waals surface area contributed by atoms with E-state index in [2.05, 4.69) is 19.2 Å². The van der Waals surface area contributed by atoms with Crippen LogP contribution in [0.5, 0.6) is 0 Å². The maximum absolute atomic E-state index is 12.1. The van der Waals surface area contributed by atoms with E-state index < -0.39 is 0 Å². The van der Waals surface area contributed by atoms with Crippen LogP contribution in [0.15, 0.2) is 12.1 Å². The zero-order valence-corrected chi connectivity index (χ0v) is 14.3. The van der Waals surface area contributed by atoms with Gasteiger partial charge in [-0.1, -0.05) is 31.5 Å². The molecule has 0 saturated heterocycles. The SMILES string of the molecule is Cc1cc(C)c(NC(=O)CN(C)CC(C)(C)CN)c(Cl)c1. The van der Waals surface area contributed by atoms with E-state index in [1.807, 2.05) is 37.9 Å². The van der Waals surface area contributed by atoms with E-state index in [-0.39, 0.29) is 11.3 Å². The van der Waals surface area contributed by atoms with Gasteiger partial charge in [0.2, 0.25) is 5.91 Å². The Morgan fingerprint density at radius 1 is 1.38 bits per heavy atom. The number of rotatable bonds is 6. The predicted molar refractivity (Wildman–Crippen MR) is 89.9 cm³/mol. The molecule has 0 aliphatic carbocycles. The fourth-order valence-electron chi connectivity index (χ4n) is 2.35. The summed E-state index contributed by atoms with van der Waals surface area (Å²) < 4.78 is 0. The standard InChI is InChI=1S/C16H26ClN3O/c1-11-6-12(2)15(13(17)7-11)19-14(21)8-20(5)10-16(3,4)9-18/h6-7H,8-10,18H2,1-5H3,(H,19,21). The molecule has 4 nitrogen and oxygen atoms in total. The fraction of sp³-hybridized carbons (Fsp3) is 0.562. The average Bonchev–Trinajstić information content (AvgIpc) is 2.32. The van der Waals surface area contributed by atoms with Gasteiger partial charge in [0.15, 0.2) is 0 Å². The quantitative estimate of drug-likeness (QED) is 0.849. The highest BCUT2D eigenvalue weighted by Crippen LogP contribution is 2.27. The summed E-state index contributed by atoms with van der Waals surface area (Å²) in [7, 11) is 1.92. The van der Waals surface area contributed by atoms with Crippen LogP contribution in [0.3, 0.4) is 0 Å². The van der Waals surface area contributed by atoms with Gasteiger partial charge < -0.3 is 11.1 Å². The number of nitrogens with zero attached hydrogens (tertiary/aromatic N) is 1. The zero-order valence-electron chi connectivity index (χ0n) is 13.6. The number of hydrogen-bond donors (Lipinski definition) is 2. The van der Waals surface area contributed by atoms with Crippen molar-refractivity contribution in [3.05, 3.63) is 28.3 Å². The smallest absolute Gasteiger partial charge is 0.238 e. The van der Waals surface area contributed by atoms with Crippen LogP contribution in [0.2, 0.25) is 5.02 Å². The van der Waals surface area contributed by atoms with Crippen molar-refractivity contribution in [3.8, 4) is 0 Å². The first-order chi connectivity index (χ1) is 9.64. The largest absolute Gasteiger partial charge is 0.330 e. The summed E-state index contributed by atoms with van der Waals surface area (Å²) in [5, 5.41) is 3.47. The number of amides is 1. The summed E-state index contributed by atoms with van der Waals surface area (Å²) in [5.74, 6) is -0.0702. The molecule has 0 atom stereocenters. The molecule has 0 fully saturated rings. The van der Waals surface area contributed by atoms with Gasteiger partial charge in [-0.3, -0.25) is 9.69 Å². The first kappa shape index (κ1) is 18.0. The molecule has 0 bridgehead atoms. The van der Waals surface area contributed by atoms with Gasteiger partial charge >= 0.3 is 0 Å². The van der Waals surface area contributed by atoms with Crippen LogP contribution in [-0.4, -0.2) is 37.5 Å². The molecule has 0 aliphatic rings. The predicted octanol–water partition coefficient (Wildman–Crippen LogP) is 2.81. The van der Waals surface area contributed by atoms with E-state index in [1.165, 1.54) is 0 Å². The van der Waals surface area contributed by atoms with Crippen LogP contribution in [0, 0.1) is 19.3 Å². The molecule has 1 amide bonds. The van der Waals surface area contributed by atoms with Gasteiger partial charge in [-0.15, -0.1) is 0 Å². The minimum absolute atomic E-state index is 0.00749. The Morgan fingerprint density at radius 2 is 2.00 bits per heavy atom. The second-order valence-corrected chi connectivity index (χ2v) is 6.93. The van der Waals surface area contributed by atoms with Crippen molar-refractivity contribution in [1.29, 1.82) is 0 Å². The second kappa shape index (κ2) is 7.25. The molecular weight excluding hydrogens is 286 g/mol. The molecule has 0 radical (unpaired) electrons. The Bertz CT molecular complexity index is 491. The Morgan fingerprint density at radius 3 is 2.52 bits per heavy atom. The number of aryl methyl sites for hydroxylation is 2. The number of carbonyl (C=O) groups is 1. The Hall–Kier alpha value is -1.10. The molecule has 118 valence electrons. The zero-order chi connectivity index (χ0) is 16.2. The first-order valence-electron chi connectivity index (χ1n) is 7.10. The first-order valence-corrected chi connectivity index (χ1v) is 7.47. The molecule has 5 heteroatoms. The highest BCUT2D eigenvalue weighted by Gasteiger charge is 2.20. The van der Waals surface area contributed by atoms with Crippen molar-refractivity contribution in [3.63, 3.8) is 0 Å². The Labute approximate surface area is 132 Å². The van der Waals surface area contributed by atoms with Crippen LogP contribution in [0.25, 0.3) is 0 Å². The summed E-state index contributed by atoms with van der Waals surface area (Å²) in [6, 6.07) is 3.86. The van der Waals surface area contributed by atoms with Gasteiger partial charge in [0, 0.05) is 6.54 Å². The molecule has 0 aliphatic heterocycles. The number of halogens is 1. The van der Waals surface area contributed by atoms with Gasteiger partial charge in [0.05, 0.1) is 17.3 Å². The van der Waals surface area contributed by atoms with Gasteiger partial charge in [-0.2, -0.15) is 0 Å². The summed E-state index contributed by atoms with van der Waals surface area (Å²) in [4.78, 5) is 14.1. The van der Waals surface area contributed by atoms with Gasteiger partial charge in [0.25, 0.3) is 0 Å². The van der Waals surface area contributed by atoms with E-state index in [9.17, 15) is 4.79 Å². The summed E-state index contributed by atoms with van der Waals surface area (Å²) in [6.45, 7) is 9.75. The van der Waals surface area contributed by atoms with Crippen LogP contribution in [0.1, 0.15) is 25.0 Å². The number of nitrogens with two attached hydrogens (primary N) is 1. The number of hydrogen-bond acceptors (Lipinski definition) is 3. The molecule has 1 rings (SSSR count). The van der Waals surface area contributed by atoms with Crippen molar-refractivity contribution in [2.24, 2.45) is 11.1 Å². The summed E-state index contributed by atoms with van der Waals surface area (Å²) in [6.07, 6.45) is 0. The van der Waals surface area contributed by atoms with Crippen molar-refractivity contribution in [2.75, 3.05) is 32.0 Å². The lowest BCUT2D eigenvalue weighted by Crippen LogP contribution is -2.40. The van der Waals surface area contributed by atoms with E-state index in [0.717, 1.165) is 17.7 Å². The van der Waals surface area contributed by atoms with Crippen molar-refractivity contribution >= 4 is 23.2 Å². The number of nitrogens with one attached hydrogen (secondary N) is 1. The molecule has 0 spiro atoms. The number of carbonyl (C=O) groups excluding carboxylic acids is 1. The van der Waals surface area contributed by atoms with Crippen molar-refractivity contribution in [1.82, 2.24) is 4.90 Å². The third kappa shape index (κ3) is 5.65. The summed E-state index contributed by atoms with van der Waals surface area (Å²) in [5.41, 5.74) is 8.46. The Kier molecular flexibility index (Phi) is 6.20.